The molecule has 65 heavy (non-hydrogen) atoms. The highest BCUT2D eigenvalue weighted by Crippen LogP contribution is 2.63. The molecule has 11 aromatic rings. The second kappa shape index (κ2) is 13.3. The van der Waals surface area contributed by atoms with Gasteiger partial charge in [-0.15, -0.1) is 0 Å². The molecule has 304 valence electrons. The van der Waals surface area contributed by atoms with E-state index in [0.29, 0.717) is 0 Å². The van der Waals surface area contributed by atoms with Crippen molar-refractivity contribution in [3.63, 3.8) is 0 Å². The second-order valence-corrected chi connectivity index (χ2v) is 18.8. The van der Waals surface area contributed by atoms with E-state index in [1.54, 1.807) is 0 Å². The molecule has 0 radical (unpaired) electrons. The van der Waals surface area contributed by atoms with Gasteiger partial charge in [0.1, 0.15) is 0 Å². The maximum atomic E-state index is 2.51. The second-order valence-electron chi connectivity index (χ2n) is 18.8. The molecule has 0 N–H and O–H groups in total. The quantitative estimate of drug-likeness (QED) is 0.160. The summed E-state index contributed by atoms with van der Waals surface area (Å²) in [5, 5.41) is 7.75. The van der Waals surface area contributed by atoms with Crippen molar-refractivity contribution in [2.24, 2.45) is 0 Å². The van der Waals surface area contributed by atoms with Crippen LogP contribution >= 0.6 is 0 Å². The highest BCUT2D eigenvalue weighted by Gasteiger charge is 2.51. The molecule has 0 bridgehead atoms. The Balaban J connectivity index is 0.966. The van der Waals surface area contributed by atoms with Gasteiger partial charge in [0, 0.05) is 22.5 Å². The predicted molar refractivity (Wildman–Crippen MR) is 273 cm³/mol. The minimum absolute atomic E-state index is 0.135. The number of nitrogens with zero attached hydrogens (tertiary/aromatic N) is 1. The first kappa shape index (κ1) is 36.5. The molecule has 0 saturated heterocycles. The monoisotopic (exact) mass is 825 g/mol. The van der Waals surface area contributed by atoms with E-state index in [2.05, 4.69) is 243 Å². The minimum atomic E-state index is -0.433. The fourth-order valence-electron chi connectivity index (χ4n) is 12.4. The van der Waals surface area contributed by atoms with Gasteiger partial charge in [-0.1, -0.05) is 196 Å². The Morgan fingerprint density at radius 1 is 0.262 bits per heavy atom. The molecule has 3 aliphatic carbocycles. The molecule has 1 heteroatoms. The van der Waals surface area contributed by atoms with Crippen molar-refractivity contribution >= 4 is 49.4 Å². The fraction of sp³-hybridized carbons (Fsp3) is 0.0625. The van der Waals surface area contributed by atoms with Gasteiger partial charge in [-0.05, 0) is 153 Å². The van der Waals surface area contributed by atoms with Crippen molar-refractivity contribution in [3.05, 3.63) is 258 Å². The molecule has 1 nitrogen and oxygen atoms in total. The molecule has 1 spiro atoms. The lowest BCUT2D eigenvalue weighted by Gasteiger charge is -2.32. The Morgan fingerprint density at radius 3 is 1.17 bits per heavy atom. The third-order valence-electron chi connectivity index (χ3n) is 15.3. The topological polar surface area (TPSA) is 3.24 Å². The first-order chi connectivity index (χ1) is 32.0. The molecular weight excluding hydrogens is 783 g/mol. The normalized spacial score (nSPS) is 14.2. The summed E-state index contributed by atoms with van der Waals surface area (Å²) >= 11 is 0. The van der Waals surface area contributed by atoms with Crippen LogP contribution in [0.2, 0.25) is 0 Å². The average Bonchev–Trinajstić information content (AvgIpc) is 3.92. The SMILES string of the molecule is CC1(C)c2ccccc2-c2ccc(N(c3ccc(-c4ccc5c6ccccc6c6ccccc6c5c4)cc3)c3ccc4c(c3)C3(c5ccccc5-c5ccccc53)c3ccccc3-4)cc21. The van der Waals surface area contributed by atoms with Gasteiger partial charge >= 0.3 is 0 Å². The van der Waals surface area contributed by atoms with Gasteiger partial charge in [0.05, 0.1) is 5.41 Å². The van der Waals surface area contributed by atoms with Crippen molar-refractivity contribution in [3.8, 4) is 44.5 Å². The summed E-state index contributed by atoms with van der Waals surface area (Å²) < 4.78 is 0. The standard InChI is InChI=1S/C64H43N/c1-63(2)57-23-11-7-19-50(57)54-35-32-43(38-61(54)63)65(42-30-27-40(28-31-42)41-29-34-49-47-17-4-3-15-45(47)46-16-5-6-18-48(46)56(49)37-41)44-33-36-55-53-22-10-14-26-60(53)64(62(55)39-44)58-24-12-8-20-51(58)52-21-9-13-25-59(52)64/h3-39H,1-2H3. The van der Waals surface area contributed by atoms with Crippen LogP contribution in [0.4, 0.5) is 17.1 Å². The smallest absolute Gasteiger partial charge is 0.0726 e. The third-order valence-corrected chi connectivity index (χ3v) is 15.3. The predicted octanol–water partition coefficient (Wildman–Crippen LogP) is 16.9. The Hall–Kier alpha value is -8.00. The summed E-state index contributed by atoms with van der Waals surface area (Å²) in [5.74, 6) is 0. The van der Waals surface area contributed by atoms with Crippen LogP contribution < -0.4 is 4.90 Å². The molecule has 0 atom stereocenters. The van der Waals surface area contributed by atoms with Crippen LogP contribution in [0.5, 0.6) is 0 Å². The van der Waals surface area contributed by atoms with Crippen LogP contribution in [0.3, 0.4) is 0 Å². The summed E-state index contributed by atoms with van der Waals surface area (Å²) in [5.41, 5.74) is 21.3. The number of hydrogen-bond donors (Lipinski definition) is 0. The van der Waals surface area contributed by atoms with Crippen molar-refractivity contribution in [1.29, 1.82) is 0 Å². The number of hydrogen-bond acceptors (Lipinski definition) is 1. The largest absolute Gasteiger partial charge is 0.310 e. The highest BCUT2D eigenvalue weighted by atomic mass is 15.1. The lowest BCUT2D eigenvalue weighted by atomic mass is 9.70. The molecule has 3 aliphatic rings. The number of rotatable bonds is 4. The van der Waals surface area contributed by atoms with E-state index < -0.39 is 5.41 Å². The van der Waals surface area contributed by atoms with Crippen molar-refractivity contribution in [1.82, 2.24) is 0 Å². The van der Waals surface area contributed by atoms with Crippen molar-refractivity contribution < 1.29 is 0 Å². The van der Waals surface area contributed by atoms with Crippen molar-refractivity contribution in [2.45, 2.75) is 24.7 Å². The van der Waals surface area contributed by atoms with Crippen LogP contribution in [0.15, 0.2) is 224 Å². The van der Waals surface area contributed by atoms with E-state index in [4.69, 9.17) is 0 Å². The molecule has 0 fully saturated rings. The zero-order valence-electron chi connectivity index (χ0n) is 36.3. The molecule has 0 unspecified atom stereocenters. The van der Waals surface area contributed by atoms with E-state index in [1.807, 2.05) is 0 Å². The van der Waals surface area contributed by atoms with E-state index in [1.165, 1.54) is 110 Å². The van der Waals surface area contributed by atoms with E-state index in [-0.39, 0.29) is 5.41 Å². The van der Waals surface area contributed by atoms with Gasteiger partial charge in [-0.2, -0.15) is 0 Å². The van der Waals surface area contributed by atoms with Crippen LogP contribution in [-0.4, -0.2) is 0 Å². The Kier molecular flexibility index (Phi) is 7.45. The Labute approximate surface area is 379 Å². The maximum absolute atomic E-state index is 2.51. The summed E-state index contributed by atoms with van der Waals surface area (Å²) in [6.45, 7) is 4.75. The number of anilines is 3. The lowest BCUT2D eigenvalue weighted by molar-refractivity contribution is 0.660. The van der Waals surface area contributed by atoms with Gasteiger partial charge in [0.2, 0.25) is 0 Å². The molecule has 0 heterocycles. The van der Waals surface area contributed by atoms with Crippen LogP contribution in [0, 0.1) is 0 Å². The molecule has 14 rings (SSSR count). The van der Waals surface area contributed by atoms with Crippen LogP contribution in [0.1, 0.15) is 47.2 Å². The minimum Gasteiger partial charge on any atom is -0.310 e. The number of fused-ring (bicyclic) bond motifs is 19. The molecule has 0 aliphatic heterocycles. The van der Waals surface area contributed by atoms with Gasteiger partial charge in [0.15, 0.2) is 0 Å². The number of benzene rings is 11. The zero-order chi connectivity index (χ0) is 43.0. The van der Waals surface area contributed by atoms with E-state index in [0.717, 1.165) is 17.1 Å². The van der Waals surface area contributed by atoms with Crippen molar-refractivity contribution in [2.75, 3.05) is 4.90 Å². The summed E-state index contributed by atoms with van der Waals surface area (Å²) in [4.78, 5) is 2.49. The first-order valence-electron chi connectivity index (χ1n) is 22.9. The van der Waals surface area contributed by atoms with Crippen LogP contribution in [-0.2, 0) is 10.8 Å². The van der Waals surface area contributed by atoms with Gasteiger partial charge in [0.25, 0.3) is 0 Å². The van der Waals surface area contributed by atoms with E-state index in [9.17, 15) is 0 Å². The molecular formula is C64H43N. The van der Waals surface area contributed by atoms with Crippen LogP contribution in [0.25, 0.3) is 76.8 Å². The fourth-order valence-corrected chi connectivity index (χ4v) is 12.4. The Morgan fingerprint density at radius 2 is 0.631 bits per heavy atom. The molecule has 0 aromatic heterocycles. The summed E-state index contributed by atoms with van der Waals surface area (Å²) in [6.07, 6.45) is 0. The lowest BCUT2D eigenvalue weighted by Crippen LogP contribution is -2.26. The summed E-state index contributed by atoms with van der Waals surface area (Å²) in [7, 11) is 0. The van der Waals surface area contributed by atoms with E-state index >= 15 is 0 Å². The molecule has 0 saturated carbocycles. The van der Waals surface area contributed by atoms with Gasteiger partial charge in [-0.25, -0.2) is 0 Å². The van der Waals surface area contributed by atoms with Gasteiger partial charge < -0.3 is 4.90 Å². The molecule has 0 amide bonds. The maximum Gasteiger partial charge on any atom is 0.0726 e. The average molecular weight is 826 g/mol. The zero-order valence-corrected chi connectivity index (χ0v) is 36.3. The molecule has 11 aromatic carbocycles. The Bertz CT molecular complexity index is 3710. The highest BCUT2D eigenvalue weighted by molar-refractivity contribution is 6.25. The van der Waals surface area contributed by atoms with Gasteiger partial charge in [-0.3, -0.25) is 0 Å². The third kappa shape index (κ3) is 4.88. The summed E-state index contributed by atoms with van der Waals surface area (Å²) in [6, 6.07) is 84.5. The first-order valence-corrected chi connectivity index (χ1v) is 22.9.